The number of thiocarbonyl (C=S) groups is 1. The van der Waals surface area contributed by atoms with Crippen LogP contribution in [0, 0.1) is 0 Å². The predicted octanol–water partition coefficient (Wildman–Crippen LogP) is 1.29. The molecule has 0 bridgehead atoms. The van der Waals surface area contributed by atoms with Gasteiger partial charge in [-0.05, 0) is 36.5 Å². The van der Waals surface area contributed by atoms with Crippen molar-refractivity contribution < 1.29 is 0 Å². The molecular formula is C11H13N5S. The van der Waals surface area contributed by atoms with Crippen LogP contribution in [0.4, 0.5) is 5.82 Å². The second kappa shape index (κ2) is 5.31. The lowest BCUT2D eigenvalue weighted by atomic mass is 10.4. The lowest BCUT2D eigenvalue weighted by molar-refractivity contribution is 0.993. The fourth-order valence-electron chi connectivity index (χ4n) is 1.38. The molecule has 0 amide bonds. The fraction of sp³-hybridized carbons (Fsp3) is 0.0909. The third kappa shape index (κ3) is 2.73. The molecule has 0 saturated carbocycles. The van der Waals surface area contributed by atoms with Gasteiger partial charge in [-0.3, -0.25) is 10.9 Å². The zero-order valence-corrected chi connectivity index (χ0v) is 10.2. The van der Waals surface area contributed by atoms with Gasteiger partial charge in [0, 0.05) is 25.6 Å². The van der Waals surface area contributed by atoms with Crippen molar-refractivity contribution in [2.24, 2.45) is 0 Å². The maximum atomic E-state index is 4.98. The first-order chi connectivity index (χ1) is 8.31. The molecule has 5 nitrogen and oxygen atoms in total. The van der Waals surface area contributed by atoms with Crippen LogP contribution < -0.4 is 16.2 Å². The Balaban J connectivity index is 2.20. The highest BCUT2D eigenvalue weighted by molar-refractivity contribution is 7.80. The first kappa shape index (κ1) is 11.4. The van der Waals surface area contributed by atoms with Crippen LogP contribution in [0.15, 0.2) is 42.9 Å². The summed E-state index contributed by atoms with van der Waals surface area (Å²) in [7, 11) is 1.75. The Morgan fingerprint density at radius 3 is 2.76 bits per heavy atom. The topological polar surface area (TPSA) is 53.9 Å². The molecule has 2 aromatic rings. The van der Waals surface area contributed by atoms with Crippen LogP contribution in [0.2, 0.25) is 0 Å². The van der Waals surface area contributed by atoms with Gasteiger partial charge in [0.1, 0.15) is 0 Å². The van der Waals surface area contributed by atoms with Gasteiger partial charge in [-0.2, -0.15) is 0 Å². The minimum Gasteiger partial charge on any atom is -0.364 e. The zero-order valence-electron chi connectivity index (χ0n) is 9.34. The molecule has 17 heavy (non-hydrogen) atoms. The molecule has 0 aliphatic rings. The Labute approximate surface area is 105 Å². The summed E-state index contributed by atoms with van der Waals surface area (Å²) in [5, 5.41) is 3.32. The summed E-state index contributed by atoms with van der Waals surface area (Å²) in [6.07, 6.45) is 5.64. The highest BCUT2D eigenvalue weighted by Gasteiger charge is 2.03. The molecule has 6 heteroatoms. The Morgan fingerprint density at radius 2 is 2.06 bits per heavy atom. The summed E-state index contributed by atoms with van der Waals surface area (Å²) in [5.41, 5.74) is 6.76. The van der Waals surface area contributed by atoms with Crippen molar-refractivity contribution in [1.82, 2.24) is 20.3 Å². The number of hydrazine groups is 1. The normalized spacial score (nSPS) is 9.71. The molecule has 0 saturated heterocycles. The maximum Gasteiger partial charge on any atom is 0.184 e. The highest BCUT2D eigenvalue weighted by Crippen LogP contribution is 2.15. The van der Waals surface area contributed by atoms with Gasteiger partial charge in [-0.15, -0.1) is 0 Å². The summed E-state index contributed by atoms with van der Waals surface area (Å²) in [4.78, 5) is 4.26. The molecule has 0 atom stereocenters. The summed E-state index contributed by atoms with van der Waals surface area (Å²) in [6, 6.07) is 7.78. The van der Waals surface area contributed by atoms with Crippen LogP contribution in [-0.4, -0.2) is 21.7 Å². The van der Waals surface area contributed by atoms with E-state index in [1.165, 1.54) is 0 Å². The second-order valence-corrected chi connectivity index (χ2v) is 3.70. The first-order valence-corrected chi connectivity index (χ1v) is 5.54. The minimum absolute atomic E-state index is 0.508. The molecule has 0 fully saturated rings. The fourth-order valence-corrected chi connectivity index (χ4v) is 1.43. The number of hydrogen-bond donors (Lipinski definition) is 3. The van der Waals surface area contributed by atoms with Crippen molar-refractivity contribution in [1.29, 1.82) is 0 Å². The van der Waals surface area contributed by atoms with Crippen LogP contribution in [0.25, 0.3) is 5.69 Å². The van der Waals surface area contributed by atoms with Gasteiger partial charge in [-0.1, -0.05) is 0 Å². The van der Waals surface area contributed by atoms with E-state index in [-0.39, 0.29) is 0 Å². The van der Waals surface area contributed by atoms with Crippen LogP contribution in [0.5, 0.6) is 0 Å². The van der Waals surface area contributed by atoms with Crippen LogP contribution in [-0.2, 0) is 0 Å². The number of rotatable bonds is 3. The Hall–Kier alpha value is -2.08. The molecule has 3 N–H and O–H groups in total. The molecule has 0 radical (unpaired) electrons. The Kier molecular flexibility index (Phi) is 3.56. The van der Waals surface area contributed by atoms with E-state index < -0.39 is 0 Å². The number of nitrogens with zero attached hydrogens (tertiary/aromatic N) is 2. The van der Waals surface area contributed by atoms with Crippen molar-refractivity contribution in [3.8, 4) is 5.69 Å². The van der Waals surface area contributed by atoms with Gasteiger partial charge in [0.25, 0.3) is 0 Å². The van der Waals surface area contributed by atoms with Crippen molar-refractivity contribution >= 4 is 23.1 Å². The summed E-state index contributed by atoms with van der Waals surface area (Å²) in [6.45, 7) is 0. The number of pyridine rings is 1. The second-order valence-electron chi connectivity index (χ2n) is 3.29. The van der Waals surface area contributed by atoms with E-state index >= 15 is 0 Å². The molecule has 0 aliphatic carbocycles. The van der Waals surface area contributed by atoms with Gasteiger partial charge >= 0.3 is 0 Å². The quantitative estimate of drug-likeness (QED) is 0.564. The van der Waals surface area contributed by atoms with E-state index in [1.807, 2.05) is 41.2 Å². The standard InChI is InChI=1S/C11H13N5S/c1-12-11(17)15-14-10-9(5-4-6-13-10)16-7-2-3-8-16/h2-8H,1H3,(H,13,14)(H2,12,15,17). The van der Waals surface area contributed by atoms with Gasteiger partial charge in [0.05, 0.1) is 5.69 Å². The maximum absolute atomic E-state index is 4.98. The number of nitrogens with one attached hydrogen (secondary N) is 3. The van der Waals surface area contributed by atoms with Crippen molar-refractivity contribution in [2.75, 3.05) is 12.5 Å². The van der Waals surface area contributed by atoms with Gasteiger partial charge in [0.15, 0.2) is 10.9 Å². The predicted molar refractivity (Wildman–Crippen MR) is 72.0 cm³/mol. The monoisotopic (exact) mass is 247 g/mol. The smallest absolute Gasteiger partial charge is 0.184 e. The first-order valence-electron chi connectivity index (χ1n) is 5.13. The van der Waals surface area contributed by atoms with E-state index in [2.05, 4.69) is 21.2 Å². The SMILES string of the molecule is CNC(=S)NNc1ncccc1-n1cccc1. The molecule has 2 aromatic heterocycles. The van der Waals surface area contributed by atoms with Crippen LogP contribution in [0.1, 0.15) is 0 Å². The molecule has 0 aromatic carbocycles. The van der Waals surface area contributed by atoms with Crippen LogP contribution >= 0.6 is 12.2 Å². The lowest BCUT2D eigenvalue weighted by Gasteiger charge is -2.13. The van der Waals surface area contributed by atoms with Gasteiger partial charge < -0.3 is 9.88 Å². The number of anilines is 1. The Morgan fingerprint density at radius 1 is 1.29 bits per heavy atom. The van der Waals surface area contributed by atoms with Gasteiger partial charge in [0.2, 0.25) is 0 Å². The van der Waals surface area contributed by atoms with E-state index in [0.717, 1.165) is 5.69 Å². The number of hydrogen-bond acceptors (Lipinski definition) is 3. The number of aromatic nitrogens is 2. The third-order valence-corrected chi connectivity index (χ3v) is 2.50. The Bertz CT molecular complexity index is 494. The van der Waals surface area contributed by atoms with E-state index in [9.17, 15) is 0 Å². The molecule has 0 aliphatic heterocycles. The largest absolute Gasteiger partial charge is 0.364 e. The summed E-state index contributed by atoms with van der Waals surface area (Å²) < 4.78 is 1.97. The van der Waals surface area contributed by atoms with E-state index in [0.29, 0.717) is 10.9 Å². The minimum atomic E-state index is 0.508. The molecule has 0 unspecified atom stereocenters. The van der Waals surface area contributed by atoms with Crippen LogP contribution in [0.3, 0.4) is 0 Å². The van der Waals surface area contributed by atoms with Crippen molar-refractivity contribution in [3.63, 3.8) is 0 Å². The molecular weight excluding hydrogens is 234 g/mol. The van der Waals surface area contributed by atoms with Crippen molar-refractivity contribution in [2.45, 2.75) is 0 Å². The van der Waals surface area contributed by atoms with Crippen molar-refractivity contribution in [3.05, 3.63) is 42.9 Å². The van der Waals surface area contributed by atoms with Gasteiger partial charge in [-0.25, -0.2) is 4.98 Å². The zero-order chi connectivity index (χ0) is 12.1. The summed E-state index contributed by atoms with van der Waals surface area (Å²) in [5.74, 6) is 0.710. The molecule has 88 valence electrons. The molecule has 2 heterocycles. The summed E-state index contributed by atoms with van der Waals surface area (Å²) >= 11 is 4.98. The average Bonchev–Trinajstić information content (AvgIpc) is 2.90. The molecule has 2 rings (SSSR count). The molecule has 0 spiro atoms. The highest BCUT2D eigenvalue weighted by atomic mass is 32.1. The van der Waals surface area contributed by atoms with E-state index in [4.69, 9.17) is 12.2 Å². The average molecular weight is 247 g/mol. The van der Waals surface area contributed by atoms with E-state index in [1.54, 1.807) is 13.2 Å². The lowest BCUT2D eigenvalue weighted by Crippen LogP contribution is -2.37. The third-order valence-electron chi connectivity index (χ3n) is 2.19.